The SMILES string of the molecule is Oc1ccc(C(O)CCl)cc1. The van der Waals surface area contributed by atoms with Crippen LogP contribution in [0.3, 0.4) is 0 Å². The van der Waals surface area contributed by atoms with Crippen LogP contribution in [0.5, 0.6) is 5.75 Å². The van der Waals surface area contributed by atoms with Crippen LogP contribution < -0.4 is 0 Å². The van der Waals surface area contributed by atoms with Gasteiger partial charge in [0.1, 0.15) is 5.75 Å². The maximum atomic E-state index is 9.21. The Hall–Kier alpha value is -0.730. The molecule has 2 N–H and O–H groups in total. The summed E-state index contributed by atoms with van der Waals surface area (Å²) in [6.45, 7) is 0. The summed E-state index contributed by atoms with van der Waals surface area (Å²) in [5, 5.41) is 18.1. The Labute approximate surface area is 70.1 Å². The number of halogens is 1. The van der Waals surface area contributed by atoms with Crippen LogP contribution >= 0.6 is 11.6 Å². The molecule has 11 heavy (non-hydrogen) atoms. The van der Waals surface area contributed by atoms with Gasteiger partial charge in [-0.05, 0) is 17.7 Å². The van der Waals surface area contributed by atoms with Crippen LogP contribution in [0.25, 0.3) is 0 Å². The molecule has 0 saturated carbocycles. The van der Waals surface area contributed by atoms with Crippen molar-refractivity contribution in [3.8, 4) is 5.75 Å². The van der Waals surface area contributed by atoms with Gasteiger partial charge in [0.15, 0.2) is 0 Å². The second kappa shape index (κ2) is 3.60. The zero-order valence-corrected chi connectivity index (χ0v) is 6.62. The number of alkyl halides is 1. The van der Waals surface area contributed by atoms with Gasteiger partial charge in [-0.3, -0.25) is 0 Å². The Kier molecular flexibility index (Phi) is 2.74. The Morgan fingerprint density at radius 2 is 1.82 bits per heavy atom. The van der Waals surface area contributed by atoms with Crippen LogP contribution in [0, 0.1) is 0 Å². The van der Waals surface area contributed by atoms with Gasteiger partial charge in [-0.1, -0.05) is 12.1 Å². The number of aromatic hydroxyl groups is 1. The minimum Gasteiger partial charge on any atom is -0.508 e. The standard InChI is InChI=1S/C8H9ClO2/c9-5-8(11)6-1-3-7(10)4-2-6/h1-4,8,10-11H,5H2. The summed E-state index contributed by atoms with van der Waals surface area (Å²) in [4.78, 5) is 0. The van der Waals surface area contributed by atoms with Crippen LogP contribution in [-0.2, 0) is 0 Å². The first kappa shape index (κ1) is 8.37. The van der Waals surface area contributed by atoms with E-state index in [0.717, 1.165) is 5.56 Å². The highest BCUT2D eigenvalue weighted by Gasteiger charge is 2.03. The first-order valence-electron chi connectivity index (χ1n) is 3.27. The molecular weight excluding hydrogens is 164 g/mol. The number of rotatable bonds is 2. The van der Waals surface area contributed by atoms with Gasteiger partial charge in [0.25, 0.3) is 0 Å². The summed E-state index contributed by atoms with van der Waals surface area (Å²) in [7, 11) is 0. The fourth-order valence-electron chi connectivity index (χ4n) is 0.786. The van der Waals surface area contributed by atoms with Crippen molar-refractivity contribution in [3.63, 3.8) is 0 Å². The fourth-order valence-corrected chi connectivity index (χ4v) is 0.964. The molecule has 0 aliphatic heterocycles. The maximum absolute atomic E-state index is 9.21. The highest BCUT2D eigenvalue weighted by Crippen LogP contribution is 2.17. The Balaban J connectivity index is 2.81. The third kappa shape index (κ3) is 2.10. The molecule has 2 nitrogen and oxygen atoms in total. The van der Waals surface area contributed by atoms with Crippen molar-refractivity contribution in [2.24, 2.45) is 0 Å². The molecule has 0 radical (unpaired) electrons. The molecule has 0 aliphatic rings. The summed E-state index contributed by atoms with van der Waals surface area (Å²) in [6.07, 6.45) is -0.641. The predicted octanol–water partition coefficient (Wildman–Crippen LogP) is 1.66. The molecule has 0 saturated heterocycles. The van der Waals surface area contributed by atoms with E-state index in [9.17, 15) is 5.11 Å². The number of aliphatic hydroxyl groups is 1. The van der Waals surface area contributed by atoms with Gasteiger partial charge in [-0.2, -0.15) is 0 Å². The lowest BCUT2D eigenvalue weighted by atomic mass is 10.1. The highest BCUT2D eigenvalue weighted by atomic mass is 35.5. The quantitative estimate of drug-likeness (QED) is 0.667. The van der Waals surface area contributed by atoms with Gasteiger partial charge in [-0.25, -0.2) is 0 Å². The predicted molar refractivity (Wildman–Crippen MR) is 43.8 cm³/mol. The number of benzene rings is 1. The summed E-state index contributed by atoms with van der Waals surface area (Å²) in [5.74, 6) is 0.362. The summed E-state index contributed by atoms with van der Waals surface area (Å²) in [5.41, 5.74) is 0.720. The van der Waals surface area contributed by atoms with E-state index in [4.69, 9.17) is 16.7 Å². The molecule has 0 spiro atoms. The van der Waals surface area contributed by atoms with E-state index in [-0.39, 0.29) is 11.6 Å². The molecule has 1 rings (SSSR count). The lowest BCUT2D eigenvalue weighted by molar-refractivity contribution is 0.202. The molecule has 1 atom stereocenters. The Morgan fingerprint density at radius 3 is 2.27 bits per heavy atom. The molecule has 0 fully saturated rings. The van der Waals surface area contributed by atoms with Crippen LogP contribution in [-0.4, -0.2) is 16.1 Å². The van der Waals surface area contributed by atoms with E-state index in [0.29, 0.717) is 0 Å². The van der Waals surface area contributed by atoms with Gasteiger partial charge in [0, 0.05) is 0 Å². The molecule has 0 heterocycles. The molecule has 1 unspecified atom stereocenters. The van der Waals surface area contributed by atoms with E-state index < -0.39 is 6.10 Å². The van der Waals surface area contributed by atoms with E-state index in [1.807, 2.05) is 0 Å². The zero-order chi connectivity index (χ0) is 8.27. The average Bonchev–Trinajstić information content (AvgIpc) is 2.05. The maximum Gasteiger partial charge on any atom is 0.115 e. The molecule has 0 bridgehead atoms. The number of phenols is 1. The molecule has 0 aromatic heterocycles. The summed E-state index contributed by atoms with van der Waals surface area (Å²) < 4.78 is 0. The number of hydrogen-bond donors (Lipinski definition) is 2. The first-order chi connectivity index (χ1) is 5.24. The van der Waals surface area contributed by atoms with E-state index in [2.05, 4.69) is 0 Å². The van der Waals surface area contributed by atoms with Gasteiger partial charge in [-0.15, -0.1) is 11.6 Å². The normalized spacial score (nSPS) is 12.9. The van der Waals surface area contributed by atoms with Crippen molar-refractivity contribution < 1.29 is 10.2 Å². The minimum atomic E-state index is -0.641. The van der Waals surface area contributed by atoms with Crippen molar-refractivity contribution in [1.29, 1.82) is 0 Å². The molecular formula is C8H9ClO2. The molecule has 0 aliphatic carbocycles. The topological polar surface area (TPSA) is 40.5 Å². The Morgan fingerprint density at radius 1 is 1.27 bits per heavy atom. The minimum absolute atomic E-state index is 0.171. The van der Waals surface area contributed by atoms with Crippen LogP contribution in [0.15, 0.2) is 24.3 Å². The van der Waals surface area contributed by atoms with Crippen molar-refractivity contribution in [3.05, 3.63) is 29.8 Å². The van der Waals surface area contributed by atoms with Crippen molar-refractivity contribution in [1.82, 2.24) is 0 Å². The molecule has 60 valence electrons. The number of hydrogen-bond acceptors (Lipinski definition) is 2. The second-order valence-electron chi connectivity index (χ2n) is 2.26. The summed E-state index contributed by atoms with van der Waals surface area (Å²) in [6, 6.07) is 6.32. The smallest absolute Gasteiger partial charge is 0.115 e. The van der Waals surface area contributed by atoms with Gasteiger partial charge >= 0.3 is 0 Å². The third-order valence-corrected chi connectivity index (χ3v) is 1.72. The van der Waals surface area contributed by atoms with Crippen molar-refractivity contribution >= 4 is 11.6 Å². The van der Waals surface area contributed by atoms with Gasteiger partial charge < -0.3 is 10.2 Å². The third-order valence-electron chi connectivity index (χ3n) is 1.42. The van der Waals surface area contributed by atoms with Crippen LogP contribution in [0.1, 0.15) is 11.7 Å². The summed E-state index contributed by atoms with van der Waals surface area (Å²) >= 11 is 5.41. The van der Waals surface area contributed by atoms with E-state index in [1.165, 1.54) is 12.1 Å². The van der Waals surface area contributed by atoms with Crippen LogP contribution in [0.4, 0.5) is 0 Å². The van der Waals surface area contributed by atoms with E-state index in [1.54, 1.807) is 12.1 Å². The highest BCUT2D eigenvalue weighted by molar-refractivity contribution is 6.18. The molecule has 0 amide bonds. The van der Waals surface area contributed by atoms with Crippen molar-refractivity contribution in [2.45, 2.75) is 6.10 Å². The largest absolute Gasteiger partial charge is 0.508 e. The monoisotopic (exact) mass is 172 g/mol. The van der Waals surface area contributed by atoms with Crippen molar-refractivity contribution in [2.75, 3.05) is 5.88 Å². The van der Waals surface area contributed by atoms with Crippen LogP contribution in [0.2, 0.25) is 0 Å². The molecule has 1 aromatic carbocycles. The first-order valence-corrected chi connectivity index (χ1v) is 3.80. The Bertz CT molecular complexity index is 220. The number of phenolic OH excluding ortho intramolecular Hbond substituents is 1. The zero-order valence-electron chi connectivity index (χ0n) is 5.87. The van der Waals surface area contributed by atoms with Gasteiger partial charge in [0.05, 0.1) is 12.0 Å². The van der Waals surface area contributed by atoms with Gasteiger partial charge in [0.2, 0.25) is 0 Å². The van der Waals surface area contributed by atoms with E-state index >= 15 is 0 Å². The lowest BCUT2D eigenvalue weighted by Crippen LogP contribution is -1.97. The lowest BCUT2D eigenvalue weighted by Gasteiger charge is -2.05. The molecule has 3 heteroatoms. The second-order valence-corrected chi connectivity index (χ2v) is 2.57. The number of aliphatic hydroxyl groups excluding tert-OH is 1. The average molecular weight is 173 g/mol. The molecule has 1 aromatic rings. The fraction of sp³-hybridized carbons (Fsp3) is 0.250.